The number of amidine groups is 1. The molecule has 3 N–H and O–H groups in total. The number of piperazine rings is 1. The number of hydrogen-bond donors (Lipinski definition) is 2. The second kappa shape index (κ2) is 6.38. The molecule has 0 aromatic carbocycles. The minimum atomic E-state index is -0.232. The zero-order valence-corrected chi connectivity index (χ0v) is 12.2. The van der Waals surface area contributed by atoms with Gasteiger partial charge in [-0.25, -0.2) is 0 Å². The van der Waals surface area contributed by atoms with Gasteiger partial charge in [-0.2, -0.15) is 0 Å². The molecule has 0 saturated carbocycles. The van der Waals surface area contributed by atoms with Crippen molar-refractivity contribution in [3.05, 3.63) is 0 Å². The van der Waals surface area contributed by atoms with Gasteiger partial charge in [0.25, 0.3) is 0 Å². The molecule has 0 aromatic rings. The van der Waals surface area contributed by atoms with Crippen molar-refractivity contribution in [2.75, 3.05) is 32.7 Å². The minimum absolute atomic E-state index is 0.232. The predicted octanol–water partition coefficient (Wildman–Crippen LogP) is 1.18. The maximum absolute atomic E-state index is 8.75. The van der Waals surface area contributed by atoms with Crippen molar-refractivity contribution in [3.8, 4) is 0 Å². The van der Waals surface area contributed by atoms with E-state index >= 15 is 0 Å². The summed E-state index contributed by atoms with van der Waals surface area (Å²) in [6, 6.07) is 0.640. The van der Waals surface area contributed by atoms with Gasteiger partial charge in [-0.3, -0.25) is 4.90 Å². The van der Waals surface area contributed by atoms with Gasteiger partial charge in [0.1, 0.15) is 5.84 Å². The summed E-state index contributed by atoms with van der Waals surface area (Å²) in [6.07, 6.45) is 0.921. The maximum Gasteiger partial charge on any atom is 0.144 e. The first-order valence-electron chi connectivity index (χ1n) is 6.81. The molecule has 0 bridgehead atoms. The van der Waals surface area contributed by atoms with E-state index in [1.165, 1.54) is 0 Å². The van der Waals surface area contributed by atoms with E-state index in [1.54, 1.807) is 0 Å². The molecule has 1 rings (SSSR count). The summed E-state index contributed by atoms with van der Waals surface area (Å²) < 4.78 is 0. The van der Waals surface area contributed by atoms with E-state index in [0.717, 1.165) is 39.1 Å². The van der Waals surface area contributed by atoms with Crippen molar-refractivity contribution >= 4 is 5.84 Å². The van der Waals surface area contributed by atoms with Gasteiger partial charge in [0.05, 0.1) is 0 Å². The van der Waals surface area contributed by atoms with E-state index in [1.807, 2.05) is 13.8 Å². The van der Waals surface area contributed by atoms with Gasteiger partial charge < -0.3 is 15.8 Å². The summed E-state index contributed by atoms with van der Waals surface area (Å²) in [5, 5.41) is 11.9. The van der Waals surface area contributed by atoms with E-state index in [-0.39, 0.29) is 5.41 Å². The molecular formula is C13H28N4O. The van der Waals surface area contributed by atoms with E-state index < -0.39 is 0 Å². The van der Waals surface area contributed by atoms with Crippen molar-refractivity contribution in [3.63, 3.8) is 0 Å². The van der Waals surface area contributed by atoms with Crippen LogP contribution in [0.5, 0.6) is 0 Å². The van der Waals surface area contributed by atoms with Crippen LogP contribution in [0.1, 0.15) is 34.1 Å². The molecule has 1 saturated heterocycles. The quantitative estimate of drug-likeness (QED) is 0.335. The molecule has 0 radical (unpaired) electrons. The first kappa shape index (κ1) is 15.2. The third-order valence-electron chi connectivity index (χ3n) is 3.99. The molecule has 5 heteroatoms. The van der Waals surface area contributed by atoms with E-state index in [4.69, 9.17) is 10.9 Å². The Kier molecular flexibility index (Phi) is 5.41. The number of hydrogen-bond acceptors (Lipinski definition) is 4. The average Bonchev–Trinajstić information content (AvgIpc) is 2.35. The third-order valence-corrected chi connectivity index (χ3v) is 3.99. The monoisotopic (exact) mass is 256 g/mol. The Morgan fingerprint density at radius 3 is 2.28 bits per heavy atom. The fourth-order valence-corrected chi connectivity index (χ4v) is 2.20. The summed E-state index contributed by atoms with van der Waals surface area (Å²) in [6.45, 7) is 14.1. The zero-order valence-electron chi connectivity index (χ0n) is 12.2. The smallest absolute Gasteiger partial charge is 0.144 e. The van der Waals surface area contributed by atoms with Crippen LogP contribution in [-0.2, 0) is 0 Å². The van der Waals surface area contributed by atoms with Crippen LogP contribution in [-0.4, -0.2) is 59.6 Å². The van der Waals surface area contributed by atoms with Crippen molar-refractivity contribution in [2.45, 2.75) is 40.2 Å². The van der Waals surface area contributed by atoms with Gasteiger partial charge in [0, 0.05) is 37.6 Å². The number of nitrogens with two attached hydrogens (primary N) is 1. The van der Waals surface area contributed by atoms with Gasteiger partial charge in [-0.1, -0.05) is 19.0 Å². The highest BCUT2D eigenvalue weighted by molar-refractivity contribution is 5.85. The summed E-state index contributed by atoms with van der Waals surface area (Å²) in [5.74, 6) is 0.323. The summed E-state index contributed by atoms with van der Waals surface area (Å²) >= 11 is 0. The lowest BCUT2D eigenvalue weighted by molar-refractivity contribution is 0.103. The Bertz CT molecular complexity index is 281. The molecule has 106 valence electrons. The van der Waals surface area contributed by atoms with Crippen LogP contribution in [0.15, 0.2) is 5.16 Å². The van der Waals surface area contributed by atoms with Crippen LogP contribution >= 0.6 is 0 Å². The molecule has 0 aromatic heterocycles. The van der Waals surface area contributed by atoms with Crippen LogP contribution in [0.4, 0.5) is 0 Å². The molecule has 0 aliphatic carbocycles. The molecule has 5 nitrogen and oxygen atoms in total. The van der Waals surface area contributed by atoms with E-state index in [2.05, 4.69) is 28.8 Å². The van der Waals surface area contributed by atoms with Gasteiger partial charge in [-0.05, 0) is 26.8 Å². The lowest BCUT2D eigenvalue weighted by Gasteiger charge is -2.38. The Hall–Kier alpha value is -0.810. The van der Waals surface area contributed by atoms with Gasteiger partial charge in [0.15, 0.2) is 0 Å². The van der Waals surface area contributed by atoms with Crippen LogP contribution in [0, 0.1) is 5.41 Å². The highest BCUT2D eigenvalue weighted by Gasteiger charge is 2.26. The minimum Gasteiger partial charge on any atom is -0.409 e. The molecule has 1 fully saturated rings. The normalized spacial score (nSPS) is 20.6. The zero-order chi connectivity index (χ0) is 13.8. The second-order valence-electron chi connectivity index (χ2n) is 6.09. The predicted molar refractivity (Wildman–Crippen MR) is 75.0 cm³/mol. The van der Waals surface area contributed by atoms with Crippen LogP contribution in [0.2, 0.25) is 0 Å². The maximum atomic E-state index is 8.75. The summed E-state index contributed by atoms with van der Waals surface area (Å²) in [5.41, 5.74) is 5.47. The standard InChI is InChI=1S/C13H28N4O/c1-11(2)17-9-7-16(8-10-17)6-5-13(3,4)12(14)15-18/h11,18H,5-10H2,1-4H3,(H2,14,15). The molecular weight excluding hydrogens is 228 g/mol. The fourth-order valence-electron chi connectivity index (χ4n) is 2.20. The highest BCUT2D eigenvalue weighted by Crippen LogP contribution is 2.21. The molecule has 0 unspecified atom stereocenters. The van der Waals surface area contributed by atoms with Crippen LogP contribution in [0.25, 0.3) is 0 Å². The molecule has 0 spiro atoms. The molecule has 18 heavy (non-hydrogen) atoms. The van der Waals surface area contributed by atoms with Gasteiger partial charge in [-0.15, -0.1) is 0 Å². The second-order valence-corrected chi connectivity index (χ2v) is 6.09. The summed E-state index contributed by atoms with van der Waals surface area (Å²) in [4.78, 5) is 4.97. The fraction of sp³-hybridized carbons (Fsp3) is 0.923. The lowest BCUT2D eigenvalue weighted by atomic mass is 9.88. The first-order valence-corrected chi connectivity index (χ1v) is 6.81. The topological polar surface area (TPSA) is 65.1 Å². The van der Waals surface area contributed by atoms with E-state index in [9.17, 15) is 0 Å². The Balaban J connectivity index is 2.34. The Morgan fingerprint density at radius 2 is 1.83 bits per heavy atom. The Labute approximate surface area is 111 Å². The molecule has 1 heterocycles. The van der Waals surface area contributed by atoms with Crippen LogP contribution < -0.4 is 5.73 Å². The SMILES string of the molecule is CC(C)N1CCN(CCC(C)(C)C(N)=NO)CC1. The van der Waals surface area contributed by atoms with Crippen molar-refractivity contribution in [1.29, 1.82) is 0 Å². The van der Waals surface area contributed by atoms with Crippen molar-refractivity contribution < 1.29 is 5.21 Å². The number of rotatable bonds is 5. The molecule has 0 atom stereocenters. The average molecular weight is 256 g/mol. The first-order chi connectivity index (χ1) is 8.36. The molecule has 0 amide bonds. The largest absolute Gasteiger partial charge is 0.409 e. The summed E-state index contributed by atoms with van der Waals surface area (Å²) in [7, 11) is 0. The van der Waals surface area contributed by atoms with Crippen LogP contribution in [0.3, 0.4) is 0 Å². The lowest BCUT2D eigenvalue weighted by Crippen LogP contribution is -2.49. The van der Waals surface area contributed by atoms with Crippen molar-refractivity contribution in [2.24, 2.45) is 16.3 Å². The molecule has 1 aliphatic heterocycles. The van der Waals surface area contributed by atoms with Crippen molar-refractivity contribution in [1.82, 2.24) is 9.80 Å². The van der Waals surface area contributed by atoms with Gasteiger partial charge in [0.2, 0.25) is 0 Å². The molecule has 1 aliphatic rings. The van der Waals surface area contributed by atoms with E-state index in [0.29, 0.717) is 11.9 Å². The number of nitrogens with zero attached hydrogens (tertiary/aromatic N) is 3. The number of oxime groups is 1. The Morgan fingerprint density at radius 1 is 1.28 bits per heavy atom. The van der Waals surface area contributed by atoms with Gasteiger partial charge >= 0.3 is 0 Å². The highest BCUT2D eigenvalue weighted by atomic mass is 16.4. The third kappa shape index (κ3) is 4.14.